The van der Waals surface area contributed by atoms with Gasteiger partial charge in [0.15, 0.2) is 0 Å². The SMILES string of the molecule is C=C(C(=O)O)C1C=C2C(C)CCC(O)C2(C)CC1. The minimum Gasteiger partial charge on any atom is -0.478 e. The van der Waals surface area contributed by atoms with Crippen LogP contribution >= 0.6 is 0 Å². The van der Waals surface area contributed by atoms with Crippen LogP contribution < -0.4 is 0 Å². The lowest BCUT2D eigenvalue weighted by molar-refractivity contribution is -0.133. The molecule has 4 unspecified atom stereocenters. The number of allylic oxidation sites excluding steroid dienone is 1. The molecule has 2 aliphatic carbocycles. The summed E-state index contributed by atoms with van der Waals surface area (Å²) in [6, 6.07) is 0. The Bertz CT molecular complexity index is 410. The van der Waals surface area contributed by atoms with Crippen molar-refractivity contribution < 1.29 is 15.0 Å². The van der Waals surface area contributed by atoms with Crippen molar-refractivity contribution in [3.8, 4) is 0 Å². The number of hydrogen-bond donors (Lipinski definition) is 2. The first-order valence-electron chi connectivity index (χ1n) is 6.68. The number of aliphatic carboxylic acids is 1. The quantitative estimate of drug-likeness (QED) is 0.585. The van der Waals surface area contributed by atoms with Crippen LogP contribution in [-0.2, 0) is 4.79 Å². The third-order valence-corrected chi connectivity index (χ3v) is 4.88. The molecule has 18 heavy (non-hydrogen) atoms. The number of carboxylic acid groups (broad SMARTS) is 1. The molecule has 2 aliphatic rings. The van der Waals surface area contributed by atoms with E-state index in [1.807, 2.05) is 0 Å². The summed E-state index contributed by atoms with van der Waals surface area (Å²) in [4.78, 5) is 11.0. The second-order valence-electron chi connectivity index (χ2n) is 6.01. The molecule has 0 aliphatic heterocycles. The second kappa shape index (κ2) is 4.54. The first-order valence-corrected chi connectivity index (χ1v) is 6.68. The van der Waals surface area contributed by atoms with Gasteiger partial charge in [0, 0.05) is 16.9 Å². The number of aliphatic hydroxyl groups is 1. The van der Waals surface area contributed by atoms with Crippen LogP contribution in [0.1, 0.15) is 39.5 Å². The van der Waals surface area contributed by atoms with Crippen molar-refractivity contribution in [1.29, 1.82) is 0 Å². The molecule has 0 aromatic carbocycles. The molecular formula is C15H22O3. The predicted molar refractivity (Wildman–Crippen MR) is 70.1 cm³/mol. The summed E-state index contributed by atoms with van der Waals surface area (Å²) in [6.45, 7) is 7.95. The maximum absolute atomic E-state index is 11.0. The van der Waals surface area contributed by atoms with Gasteiger partial charge in [0.05, 0.1) is 6.10 Å². The van der Waals surface area contributed by atoms with Crippen LogP contribution in [-0.4, -0.2) is 22.3 Å². The summed E-state index contributed by atoms with van der Waals surface area (Å²) in [5.74, 6) is -0.550. The van der Waals surface area contributed by atoms with Crippen molar-refractivity contribution in [2.45, 2.75) is 45.6 Å². The van der Waals surface area contributed by atoms with Gasteiger partial charge < -0.3 is 10.2 Å². The van der Waals surface area contributed by atoms with E-state index in [-0.39, 0.29) is 23.0 Å². The molecule has 1 saturated carbocycles. The number of rotatable bonds is 2. The van der Waals surface area contributed by atoms with Crippen LogP contribution in [0.3, 0.4) is 0 Å². The highest BCUT2D eigenvalue weighted by atomic mass is 16.4. The molecule has 3 nitrogen and oxygen atoms in total. The average Bonchev–Trinajstić information content (AvgIpc) is 2.33. The number of fused-ring (bicyclic) bond motifs is 1. The van der Waals surface area contributed by atoms with Crippen molar-refractivity contribution in [1.82, 2.24) is 0 Å². The Morgan fingerprint density at radius 2 is 2.11 bits per heavy atom. The van der Waals surface area contributed by atoms with E-state index in [9.17, 15) is 9.90 Å². The predicted octanol–water partition coefficient (Wildman–Crippen LogP) is 2.76. The second-order valence-corrected chi connectivity index (χ2v) is 6.01. The van der Waals surface area contributed by atoms with Crippen molar-refractivity contribution in [2.75, 3.05) is 0 Å². The first kappa shape index (κ1) is 13.3. The third-order valence-electron chi connectivity index (χ3n) is 4.88. The van der Waals surface area contributed by atoms with Gasteiger partial charge in [-0.15, -0.1) is 0 Å². The summed E-state index contributed by atoms with van der Waals surface area (Å²) < 4.78 is 0. The van der Waals surface area contributed by atoms with E-state index in [4.69, 9.17) is 5.11 Å². The molecule has 0 amide bonds. The summed E-state index contributed by atoms with van der Waals surface area (Å²) in [6.07, 6.45) is 5.22. The fraction of sp³-hybridized carbons (Fsp3) is 0.667. The minimum absolute atomic E-state index is 0.0710. The van der Waals surface area contributed by atoms with E-state index >= 15 is 0 Å². The van der Waals surface area contributed by atoms with Crippen LogP contribution in [0.25, 0.3) is 0 Å². The maximum Gasteiger partial charge on any atom is 0.331 e. The van der Waals surface area contributed by atoms with E-state index in [0.717, 1.165) is 25.7 Å². The Hall–Kier alpha value is -1.09. The zero-order valence-corrected chi connectivity index (χ0v) is 11.1. The topological polar surface area (TPSA) is 57.5 Å². The molecular weight excluding hydrogens is 228 g/mol. The molecule has 2 N–H and O–H groups in total. The highest BCUT2D eigenvalue weighted by molar-refractivity contribution is 5.86. The standard InChI is InChI=1S/C15H22O3/c1-9-4-5-13(16)15(3)7-6-11(8-12(9)15)10(2)14(17)18/h8-9,11,13,16H,2,4-7H2,1,3H3,(H,17,18). The Balaban J connectivity index is 2.33. The molecule has 3 heteroatoms. The van der Waals surface area contributed by atoms with E-state index in [2.05, 4.69) is 26.5 Å². The molecule has 4 atom stereocenters. The molecule has 1 fully saturated rings. The number of carbonyl (C=O) groups is 1. The summed E-state index contributed by atoms with van der Waals surface area (Å²) in [5.41, 5.74) is 1.35. The van der Waals surface area contributed by atoms with Crippen LogP contribution in [0.5, 0.6) is 0 Å². The highest BCUT2D eigenvalue weighted by Crippen LogP contribution is 2.51. The largest absolute Gasteiger partial charge is 0.478 e. The Morgan fingerprint density at radius 1 is 1.44 bits per heavy atom. The number of carboxylic acids is 1. The minimum atomic E-state index is -0.913. The molecule has 0 aromatic heterocycles. The molecule has 0 radical (unpaired) electrons. The summed E-state index contributed by atoms with van der Waals surface area (Å²) >= 11 is 0. The molecule has 0 aromatic rings. The molecule has 0 heterocycles. The average molecular weight is 250 g/mol. The lowest BCUT2D eigenvalue weighted by Crippen LogP contribution is -2.43. The van der Waals surface area contributed by atoms with Crippen LogP contribution in [0, 0.1) is 17.3 Å². The molecule has 2 rings (SSSR count). The van der Waals surface area contributed by atoms with Crippen LogP contribution in [0.2, 0.25) is 0 Å². The van der Waals surface area contributed by atoms with E-state index in [0.29, 0.717) is 5.92 Å². The van der Waals surface area contributed by atoms with Crippen LogP contribution in [0.15, 0.2) is 23.8 Å². The number of aliphatic hydroxyl groups excluding tert-OH is 1. The fourth-order valence-electron chi connectivity index (χ4n) is 3.49. The smallest absolute Gasteiger partial charge is 0.331 e. The van der Waals surface area contributed by atoms with Gasteiger partial charge in [-0.25, -0.2) is 4.79 Å². The van der Waals surface area contributed by atoms with E-state index in [1.165, 1.54) is 5.57 Å². The summed E-state index contributed by atoms with van der Waals surface area (Å²) in [7, 11) is 0. The Morgan fingerprint density at radius 3 is 2.72 bits per heavy atom. The van der Waals surface area contributed by atoms with E-state index in [1.54, 1.807) is 0 Å². The van der Waals surface area contributed by atoms with Crippen LogP contribution in [0.4, 0.5) is 0 Å². The molecule has 0 saturated heterocycles. The molecule has 100 valence electrons. The van der Waals surface area contributed by atoms with Crippen molar-refractivity contribution in [2.24, 2.45) is 17.3 Å². The third kappa shape index (κ3) is 2.01. The first-order chi connectivity index (χ1) is 8.36. The number of hydrogen-bond acceptors (Lipinski definition) is 2. The van der Waals surface area contributed by atoms with Crippen molar-refractivity contribution in [3.05, 3.63) is 23.8 Å². The highest BCUT2D eigenvalue weighted by Gasteiger charge is 2.45. The van der Waals surface area contributed by atoms with Gasteiger partial charge in [-0.3, -0.25) is 0 Å². The maximum atomic E-state index is 11.0. The van der Waals surface area contributed by atoms with Gasteiger partial charge >= 0.3 is 5.97 Å². The van der Waals surface area contributed by atoms with Crippen molar-refractivity contribution >= 4 is 5.97 Å². The van der Waals surface area contributed by atoms with Gasteiger partial charge in [0.25, 0.3) is 0 Å². The Labute approximate surface area is 108 Å². The van der Waals surface area contributed by atoms with Gasteiger partial charge in [0.2, 0.25) is 0 Å². The zero-order chi connectivity index (χ0) is 13.5. The normalized spacial score (nSPS) is 39.7. The lowest BCUT2D eigenvalue weighted by atomic mass is 9.59. The molecule has 0 bridgehead atoms. The zero-order valence-electron chi connectivity index (χ0n) is 11.1. The van der Waals surface area contributed by atoms with Gasteiger partial charge in [-0.1, -0.05) is 32.1 Å². The van der Waals surface area contributed by atoms with Gasteiger partial charge in [0.1, 0.15) is 0 Å². The van der Waals surface area contributed by atoms with Gasteiger partial charge in [-0.2, -0.15) is 0 Å². The lowest BCUT2D eigenvalue weighted by Gasteiger charge is -2.47. The summed E-state index contributed by atoms with van der Waals surface area (Å²) in [5, 5.41) is 19.3. The monoisotopic (exact) mass is 250 g/mol. The van der Waals surface area contributed by atoms with Crippen molar-refractivity contribution in [3.63, 3.8) is 0 Å². The molecule has 0 spiro atoms. The Kier molecular flexibility index (Phi) is 3.37. The van der Waals surface area contributed by atoms with Gasteiger partial charge in [-0.05, 0) is 31.6 Å². The van der Waals surface area contributed by atoms with E-state index < -0.39 is 5.97 Å². The fourth-order valence-corrected chi connectivity index (χ4v) is 3.49.